The van der Waals surface area contributed by atoms with E-state index in [9.17, 15) is 19.7 Å². The van der Waals surface area contributed by atoms with Gasteiger partial charge in [0.25, 0.3) is 11.6 Å². The average Bonchev–Trinajstić information content (AvgIpc) is 2.80. The summed E-state index contributed by atoms with van der Waals surface area (Å²) in [4.78, 5) is 35.9. The Hall–Kier alpha value is -3.85. The van der Waals surface area contributed by atoms with E-state index in [0.717, 1.165) is 10.5 Å². The summed E-state index contributed by atoms with van der Waals surface area (Å²) in [5.41, 5.74) is 2.19. The quantitative estimate of drug-likeness (QED) is 0.286. The lowest BCUT2D eigenvalue weighted by molar-refractivity contribution is -0.384. The molecule has 0 aliphatic heterocycles. The molecule has 2 amide bonds. The summed E-state index contributed by atoms with van der Waals surface area (Å²) in [6, 6.07) is 18.3. The molecule has 3 aromatic rings. The van der Waals surface area contributed by atoms with E-state index in [4.69, 9.17) is 4.74 Å². The molecule has 0 spiro atoms. The first-order chi connectivity index (χ1) is 15.4. The van der Waals surface area contributed by atoms with Crippen LogP contribution in [0.2, 0.25) is 0 Å². The van der Waals surface area contributed by atoms with E-state index in [1.165, 1.54) is 23.9 Å². The lowest BCUT2D eigenvalue weighted by Crippen LogP contribution is -2.15. The summed E-state index contributed by atoms with van der Waals surface area (Å²) < 4.78 is 5.13. The molecule has 164 valence electrons. The van der Waals surface area contributed by atoms with Gasteiger partial charge < -0.3 is 15.4 Å². The third-order valence-corrected chi connectivity index (χ3v) is 5.53. The molecule has 0 fully saturated rings. The molecule has 3 rings (SSSR count). The molecular weight excluding hydrogens is 430 g/mol. The van der Waals surface area contributed by atoms with Gasteiger partial charge in [0.15, 0.2) is 0 Å². The van der Waals surface area contributed by atoms with Crippen molar-refractivity contribution < 1.29 is 19.2 Å². The molecule has 3 aromatic carbocycles. The van der Waals surface area contributed by atoms with Crippen LogP contribution < -0.4 is 15.4 Å². The zero-order chi connectivity index (χ0) is 23.1. The number of non-ortho nitro benzene ring substituents is 1. The van der Waals surface area contributed by atoms with E-state index in [1.54, 1.807) is 68.6 Å². The van der Waals surface area contributed by atoms with Crippen LogP contribution in [0.25, 0.3) is 0 Å². The van der Waals surface area contributed by atoms with Gasteiger partial charge in [-0.15, -0.1) is 11.8 Å². The van der Waals surface area contributed by atoms with E-state index in [0.29, 0.717) is 22.7 Å². The number of aryl methyl sites for hydroxylation is 1. The van der Waals surface area contributed by atoms with Crippen molar-refractivity contribution in [3.05, 3.63) is 88.0 Å². The summed E-state index contributed by atoms with van der Waals surface area (Å²) in [6.45, 7) is 1.77. The number of nitro groups is 1. The Labute approximate surface area is 189 Å². The first-order valence-corrected chi connectivity index (χ1v) is 10.6. The topological polar surface area (TPSA) is 111 Å². The zero-order valence-corrected chi connectivity index (χ0v) is 18.3. The van der Waals surface area contributed by atoms with Crippen LogP contribution >= 0.6 is 11.8 Å². The number of nitrogens with one attached hydrogen (secondary N) is 2. The predicted molar refractivity (Wildman–Crippen MR) is 125 cm³/mol. The molecule has 0 heterocycles. The summed E-state index contributed by atoms with van der Waals surface area (Å²) >= 11 is 1.32. The minimum atomic E-state index is -0.502. The third-order valence-electron chi connectivity index (χ3n) is 4.52. The summed E-state index contributed by atoms with van der Waals surface area (Å²) in [7, 11) is 1.54. The molecule has 0 aliphatic carbocycles. The number of anilines is 2. The second kappa shape index (κ2) is 10.5. The fraction of sp³-hybridized carbons (Fsp3) is 0.130. The van der Waals surface area contributed by atoms with Gasteiger partial charge in [-0.3, -0.25) is 19.7 Å². The average molecular weight is 452 g/mol. The van der Waals surface area contributed by atoms with Gasteiger partial charge in [-0.25, -0.2) is 0 Å². The molecule has 0 atom stereocenters. The molecule has 0 aromatic heterocycles. The summed E-state index contributed by atoms with van der Waals surface area (Å²) in [5.74, 6) is 0.213. The van der Waals surface area contributed by atoms with Crippen LogP contribution in [0.5, 0.6) is 5.75 Å². The smallest absolute Gasteiger partial charge is 0.271 e. The maximum Gasteiger partial charge on any atom is 0.271 e. The highest BCUT2D eigenvalue weighted by molar-refractivity contribution is 8.00. The normalized spacial score (nSPS) is 10.3. The maximum atomic E-state index is 12.4. The van der Waals surface area contributed by atoms with Crippen molar-refractivity contribution in [1.29, 1.82) is 0 Å². The number of amides is 2. The van der Waals surface area contributed by atoms with Crippen LogP contribution in [0.15, 0.2) is 71.6 Å². The van der Waals surface area contributed by atoms with Crippen molar-refractivity contribution in [2.75, 3.05) is 23.5 Å². The first kappa shape index (κ1) is 22.8. The predicted octanol–water partition coefficient (Wildman–Crippen LogP) is 4.89. The molecule has 0 radical (unpaired) electrons. The van der Waals surface area contributed by atoms with Crippen LogP contribution in [0.4, 0.5) is 17.1 Å². The van der Waals surface area contributed by atoms with Gasteiger partial charge in [-0.2, -0.15) is 0 Å². The van der Waals surface area contributed by atoms with Crippen LogP contribution in [-0.2, 0) is 4.79 Å². The van der Waals surface area contributed by atoms with Gasteiger partial charge in [0, 0.05) is 28.3 Å². The van der Waals surface area contributed by atoms with E-state index >= 15 is 0 Å². The fourth-order valence-electron chi connectivity index (χ4n) is 2.80. The molecule has 2 N–H and O–H groups in total. The number of benzene rings is 3. The largest absolute Gasteiger partial charge is 0.497 e. The minimum absolute atomic E-state index is 0.0786. The van der Waals surface area contributed by atoms with E-state index in [2.05, 4.69) is 10.6 Å². The molecule has 9 heteroatoms. The molecule has 0 aliphatic rings. The van der Waals surface area contributed by atoms with Crippen molar-refractivity contribution in [3.8, 4) is 5.75 Å². The maximum absolute atomic E-state index is 12.4. The van der Waals surface area contributed by atoms with Crippen molar-refractivity contribution in [1.82, 2.24) is 0 Å². The van der Waals surface area contributed by atoms with Gasteiger partial charge >= 0.3 is 0 Å². The molecule has 0 saturated carbocycles. The number of thioether (sulfide) groups is 1. The second-order valence-corrected chi connectivity index (χ2v) is 7.85. The number of methoxy groups -OCH3 is 1. The number of carbonyl (C=O) groups is 2. The fourth-order valence-corrected chi connectivity index (χ4v) is 3.49. The van der Waals surface area contributed by atoms with Crippen molar-refractivity contribution in [2.24, 2.45) is 0 Å². The van der Waals surface area contributed by atoms with E-state index in [1.807, 2.05) is 0 Å². The van der Waals surface area contributed by atoms with Crippen LogP contribution in [0.1, 0.15) is 15.9 Å². The van der Waals surface area contributed by atoms with Gasteiger partial charge in [-0.05, 0) is 55.0 Å². The number of nitrogens with zero attached hydrogens (tertiary/aromatic N) is 1. The number of hydrogen-bond acceptors (Lipinski definition) is 6. The highest BCUT2D eigenvalue weighted by Gasteiger charge is 2.12. The Kier molecular flexibility index (Phi) is 7.45. The molecule has 8 nitrogen and oxygen atoms in total. The Morgan fingerprint density at radius 3 is 2.47 bits per heavy atom. The monoisotopic (exact) mass is 451 g/mol. The lowest BCUT2D eigenvalue weighted by Gasteiger charge is -2.09. The Bertz CT molecular complexity index is 1150. The minimum Gasteiger partial charge on any atom is -0.497 e. The highest BCUT2D eigenvalue weighted by atomic mass is 32.2. The van der Waals surface area contributed by atoms with Crippen molar-refractivity contribution >= 4 is 40.6 Å². The molecule has 0 unspecified atom stereocenters. The van der Waals surface area contributed by atoms with E-state index in [-0.39, 0.29) is 23.3 Å². The van der Waals surface area contributed by atoms with Crippen LogP contribution in [0.3, 0.4) is 0 Å². The number of ether oxygens (including phenoxy) is 1. The van der Waals surface area contributed by atoms with Gasteiger partial charge in [0.2, 0.25) is 5.91 Å². The first-order valence-electron chi connectivity index (χ1n) is 9.59. The Morgan fingerprint density at radius 2 is 1.78 bits per heavy atom. The van der Waals surface area contributed by atoms with E-state index < -0.39 is 4.92 Å². The molecular formula is C23H21N3O5S. The highest BCUT2D eigenvalue weighted by Crippen LogP contribution is 2.24. The molecule has 32 heavy (non-hydrogen) atoms. The van der Waals surface area contributed by atoms with Gasteiger partial charge in [0.05, 0.1) is 23.5 Å². The zero-order valence-electron chi connectivity index (χ0n) is 17.5. The van der Waals surface area contributed by atoms with Gasteiger partial charge in [-0.1, -0.05) is 12.1 Å². The van der Waals surface area contributed by atoms with Crippen molar-refractivity contribution in [3.63, 3.8) is 0 Å². The number of carbonyl (C=O) groups excluding carboxylic acids is 2. The standard InChI is InChI=1S/C23H21N3O5S/c1-15-6-9-18(26(29)30)13-21(15)25-22(27)14-32-20-10-7-17(8-11-20)24-23(28)16-4-3-5-19(12-16)31-2/h3-13H,14H2,1-2H3,(H,24,28)(H,25,27). The van der Waals surface area contributed by atoms with Gasteiger partial charge in [0.1, 0.15) is 5.75 Å². The summed E-state index contributed by atoms with van der Waals surface area (Å²) in [6.07, 6.45) is 0. The Balaban J connectivity index is 1.54. The lowest BCUT2D eigenvalue weighted by atomic mass is 10.2. The summed E-state index contributed by atoms with van der Waals surface area (Å²) in [5, 5.41) is 16.4. The van der Waals surface area contributed by atoms with Crippen LogP contribution in [-0.4, -0.2) is 29.6 Å². The SMILES string of the molecule is COc1cccc(C(=O)Nc2ccc(SCC(=O)Nc3cc([N+](=O)[O-])ccc3C)cc2)c1. The van der Waals surface area contributed by atoms with Crippen LogP contribution in [0, 0.1) is 17.0 Å². The number of hydrogen-bond donors (Lipinski definition) is 2. The molecule has 0 saturated heterocycles. The molecule has 0 bridgehead atoms. The second-order valence-electron chi connectivity index (χ2n) is 6.80. The van der Waals surface area contributed by atoms with Crippen molar-refractivity contribution in [2.45, 2.75) is 11.8 Å². The number of nitro benzene ring substituents is 1. The third kappa shape index (κ3) is 6.08. The number of rotatable bonds is 8. The Morgan fingerprint density at radius 1 is 1.03 bits per heavy atom.